The van der Waals surface area contributed by atoms with Crippen molar-refractivity contribution in [1.29, 1.82) is 0 Å². The van der Waals surface area contributed by atoms with Crippen molar-refractivity contribution in [3.8, 4) is 0 Å². The first-order valence-electron chi connectivity index (χ1n) is 8.69. The maximum absolute atomic E-state index is 11.5. The normalized spacial score (nSPS) is 13.1. The molecule has 1 unspecified atom stereocenters. The van der Waals surface area contributed by atoms with E-state index < -0.39 is 13.4 Å². The molecule has 0 aliphatic rings. The number of hydrogen-bond acceptors (Lipinski definition) is 4. The molecular weight excluding hydrogens is 301 g/mol. The Hall–Kier alpha value is -0.380. The van der Waals surface area contributed by atoms with Crippen LogP contribution in [0.25, 0.3) is 0 Å². The van der Waals surface area contributed by atoms with Crippen LogP contribution in [0.1, 0.15) is 90.9 Å². The summed E-state index contributed by atoms with van der Waals surface area (Å²) in [6, 6.07) is 0. The topological polar surface area (TPSA) is 92.3 Å². The SMILES string of the molecule is CCCCCCCCCCCCCC(=O)NC(C)P(=O)([O-])[O-]. The number of unbranched alkanes of at least 4 members (excludes halogenated alkanes) is 10. The van der Waals surface area contributed by atoms with Crippen LogP contribution in [0.3, 0.4) is 0 Å². The van der Waals surface area contributed by atoms with Crippen LogP contribution in [-0.4, -0.2) is 11.7 Å². The van der Waals surface area contributed by atoms with Crippen molar-refractivity contribution in [2.24, 2.45) is 0 Å². The highest BCUT2D eigenvalue weighted by molar-refractivity contribution is 7.49. The van der Waals surface area contributed by atoms with E-state index in [0.29, 0.717) is 6.42 Å². The summed E-state index contributed by atoms with van der Waals surface area (Å²) in [7, 11) is -4.71. The second-order valence-electron chi connectivity index (χ2n) is 6.07. The molecule has 1 N–H and O–H groups in total. The molecule has 0 aromatic carbocycles. The number of nitrogens with one attached hydrogen (secondary N) is 1. The fourth-order valence-electron chi connectivity index (χ4n) is 2.33. The van der Waals surface area contributed by atoms with Crippen molar-refractivity contribution in [2.45, 2.75) is 96.7 Å². The van der Waals surface area contributed by atoms with Crippen LogP contribution in [-0.2, 0) is 9.36 Å². The Morgan fingerprint density at radius 1 is 0.909 bits per heavy atom. The molecule has 22 heavy (non-hydrogen) atoms. The smallest absolute Gasteiger partial charge is 0.220 e. The van der Waals surface area contributed by atoms with Gasteiger partial charge in [-0.15, -0.1) is 0 Å². The summed E-state index contributed by atoms with van der Waals surface area (Å²) in [6.45, 7) is 3.43. The minimum atomic E-state index is -4.71. The summed E-state index contributed by atoms with van der Waals surface area (Å²) in [5, 5.41) is 2.23. The first kappa shape index (κ1) is 21.6. The minimum absolute atomic E-state index is 0.293. The van der Waals surface area contributed by atoms with Gasteiger partial charge in [0.05, 0.1) is 5.78 Å². The lowest BCUT2D eigenvalue weighted by molar-refractivity contribution is -0.316. The van der Waals surface area contributed by atoms with Gasteiger partial charge in [-0.1, -0.05) is 71.1 Å². The van der Waals surface area contributed by atoms with Gasteiger partial charge in [0.15, 0.2) is 0 Å². The fourth-order valence-corrected chi connectivity index (χ4v) is 2.64. The molecule has 0 aliphatic heterocycles. The zero-order valence-electron chi connectivity index (χ0n) is 14.1. The fraction of sp³-hybridized carbons (Fsp3) is 0.938. The maximum atomic E-state index is 11.5. The summed E-state index contributed by atoms with van der Waals surface area (Å²) in [5.41, 5.74) is 0. The molecule has 0 aliphatic carbocycles. The summed E-state index contributed by atoms with van der Waals surface area (Å²) in [6.07, 6.45) is 13.5. The highest BCUT2D eigenvalue weighted by atomic mass is 31.2. The molecule has 5 nitrogen and oxygen atoms in total. The summed E-state index contributed by atoms with van der Waals surface area (Å²) in [4.78, 5) is 32.8. The molecule has 0 fully saturated rings. The van der Waals surface area contributed by atoms with Crippen LogP contribution in [0.4, 0.5) is 0 Å². The van der Waals surface area contributed by atoms with Gasteiger partial charge < -0.3 is 19.7 Å². The molecule has 6 heteroatoms. The van der Waals surface area contributed by atoms with E-state index in [0.717, 1.165) is 19.3 Å². The molecular formula is C16H32NO4P-2. The van der Waals surface area contributed by atoms with Crippen LogP contribution in [0.5, 0.6) is 0 Å². The van der Waals surface area contributed by atoms with Crippen molar-refractivity contribution in [1.82, 2.24) is 5.32 Å². The van der Waals surface area contributed by atoms with Crippen LogP contribution in [0, 0.1) is 0 Å². The van der Waals surface area contributed by atoms with Crippen LogP contribution in [0.2, 0.25) is 0 Å². The third-order valence-corrected chi connectivity index (χ3v) is 4.93. The van der Waals surface area contributed by atoms with Crippen LogP contribution < -0.4 is 15.1 Å². The van der Waals surface area contributed by atoms with Gasteiger partial charge in [0, 0.05) is 6.42 Å². The van der Waals surface area contributed by atoms with Gasteiger partial charge in [-0.25, -0.2) is 0 Å². The van der Waals surface area contributed by atoms with Crippen molar-refractivity contribution in [3.05, 3.63) is 0 Å². The number of carbonyl (C=O) groups excluding carboxylic acids is 1. The number of amides is 1. The van der Waals surface area contributed by atoms with E-state index in [9.17, 15) is 19.1 Å². The molecule has 0 spiro atoms. The summed E-state index contributed by atoms with van der Waals surface area (Å²) >= 11 is 0. The van der Waals surface area contributed by atoms with Crippen molar-refractivity contribution in [2.75, 3.05) is 0 Å². The predicted molar refractivity (Wildman–Crippen MR) is 86.3 cm³/mol. The molecule has 1 amide bonds. The average molecular weight is 333 g/mol. The Bertz CT molecular complexity index is 330. The second kappa shape index (κ2) is 13.1. The molecule has 0 saturated carbocycles. The lowest BCUT2D eigenvalue weighted by Crippen LogP contribution is -2.38. The van der Waals surface area contributed by atoms with E-state index in [2.05, 4.69) is 12.2 Å². The standard InChI is InChI=1S/C16H34NO4P/c1-3-4-5-6-7-8-9-10-11-12-13-14-16(18)17-15(2)22(19,20)21/h15H,3-14H2,1-2H3,(H,17,18)(H2,19,20,21)/p-2. The summed E-state index contributed by atoms with van der Waals surface area (Å²) in [5.74, 6) is -1.66. The van der Waals surface area contributed by atoms with Crippen molar-refractivity contribution in [3.63, 3.8) is 0 Å². The van der Waals surface area contributed by atoms with Gasteiger partial charge in [-0.2, -0.15) is 0 Å². The van der Waals surface area contributed by atoms with E-state index in [1.54, 1.807) is 0 Å². The third kappa shape index (κ3) is 13.3. The molecule has 0 bridgehead atoms. The first-order valence-corrected chi connectivity index (χ1v) is 10.3. The molecule has 0 aromatic rings. The lowest BCUT2D eigenvalue weighted by atomic mass is 10.1. The molecule has 1 atom stereocenters. The molecule has 0 saturated heterocycles. The Balaban J connectivity index is 3.36. The molecule has 0 aromatic heterocycles. The zero-order valence-corrected chi connectivity index (χ0v) is 15.0. The Kier molecular flexibility index (Phi) is 12.9. The molecule has 0 radical (unpaired) electrons. The molecule has 0 heterocycles. The van der Waals surface area contributed by atoms with E-state index in [1.165, 1.54) is 58.3 Å². The quantitative estimate of drug-likeness (QED) is 0.390. The van der Waals surface area contributed by atoms with Crippen molar-refractivity contribution >= 4 is 13.5 Å². The van der Waals surface area contributed by atoms with E-state index in [-0.39, 0.29) is 5.91 Å². The van der Waals surface area contributed by atoms with Crippen molar-refractivity contribution < 1.29 is 19.1 Å². The van der Waals surface area contributed by atoms with Gasteiger partial charge in [-0.3, -0.25) is 4.79 Å². The Morgan fingerprint density at radius 2 is 1.32 bits per heavy atom. The van der Waals surface area contributed by atoms with Gasteiger partial charge in [0.25, 0.3) is 0 Å². The van der Waals surface area contributed by atoms with Gasteiger partial charge in [-0.05, 0) is 20.9 Å². The summed E-state index contributed by atoms with van der Waals surface area (Å²) < 4.78 is 10.7. The highest BCUT2D eigenvalue weighted by Gasteiger charge is 2.09. The second-order valence-corrected chi connectivity index (χ2v) is 7.92. The highest BCUT2D eigenvalue weighted by Crippen LogP contribution is 2.28. The number of carbonyl (C=O) groups is 1. The van der Waals surface area contributed by atoms with Crippen LogP contribution >= 0.6 is 7.60 Å². The molecule has 0 rings (SSSR count). The minimum Gasteiger partial charge on any atom is -0.809 e. The monoisotopic (exact) mass is 333 g/mol. The number of rotatable bonds is 14. The van der Waals surface area contributed by atoms with E-state index in [1.807, 2.05) is 0 Å². The van der Waals surface area contributed by atoms with E-state index in [4.69, 9.17) is 0 Å². The van der Waals surface area contributed by atoms with Gasteiger partial charge in [0.1, 0.15) is 0 Å². The molecule has 132 valence electrons. The van der Waals surface area contributed by atoms with Gasteiger partial charge in [0.2, 0.25) is 5.91 Å². The van der Waals surface area contributed by atoms with Gasteiger partial charge >= 0.3 is 0 Å². The van der Waals surface area contributed by atoms with E-state index >= 15 is 0 Å². The predicted octanol–water partition coefficient (Wildman–Crippen LogP) is 3.06. The largest absolute Gasteiger partial charge is 0.809 e. The Morgan fingerprint density at radius 3 is 1.73 bits per heavy atom. The third-order valence-electron chi connectivity index (χ3n) is 3.85. The Labute approximate surface area is 135 Å². The maximum Gasteiger partial charge on any atom is 0.220 e. The van der Waals surface area contributed by atoms with Crippen LogP contribution in [0.15, 0.2) is 0 Å². The lowest BCUT2D eigenvalue weighted by Gasteiger charge is -2.36. The number of hydrogen-bond donors (Lipinski definition) is 1. The zero-order chi connectivity index (χ0) is 16.8. The average Bonchev–Trinajstić information content (AvgIpc) is 2.43. The first-order chi connectivity index (χ1) is 10.4.